The van der Waals surface area contributed by atoms with E-state index in [4.69, 9.17) is 0 Å². The van der Waals surface area contributed by atoms with Crippen LogP contribution in [0.1, 0.15) is 30.5 Å². The second-order valence-electron chi connectivity index (χ2n) is 5.59. The van der Waals surface area contributed by atoms with Crippen LogP contribution in [0.25, 0.3) is 0 Å². The fraction of sp³-hybridized carbons (Fsp3) is 0.625. The second-order valence-corrected chi connectivity index (χ2v) is 5.59. The van der Waals surface area contributed by atoms with Crippen molar-refractivity contribution in [3.8, 4) is 0 Å². The molecule has 102 valence electrons. The molecule has 1 aromatic carbocycles. The molecule has 2 heteroatoms. The lowest BCUT2D eigenvalue weighted by Gasteiger charge is -2.18. The number of likely N-dealkylation sites (N-methyl/N-ethyl adjacent to an activating group) is 1. The first kappa shape index (κ1) is 15.2. The van der Waals surface area contributed by atoms with Gasteiger partial charge in [-0.1, -0.05) is 37.6 Å². The molecule has 0 saturated heterocycles. The normalized spacial score (nSPS) is 11.5. The summed E-state index contributed by atoms with van der Waals surface area (Å²) < 4.78 is 0. The van der Waals surface area contributed by atoms with Gasteiger partial charge in [-0.25, -0.2) is 0 Å². The van der Waals surface area contributed by atoms with E-state index in [1.807, 2.05) is 0 Å². The maximum atomic E-state index is 3.45. The lowest BCUT2D eigenvalue weighted by atomic mass is 10.0. The predicted octanol–water partition coefficient (Wildman–Crippen LogP) is 2.78. The summed E-state index contributed by atoms with van der Waals surface area (Å²) in [4.78, 5) is 2.40. The van der Waals surface area contributed by atoms with E-state index in [0.717, 1.165) is 26.1 Å². The number of nitrogens with one attached hydrogen (secondary N) is 1. The molecule has 0 unspecified atom stereocenters. The van der Waals surface area contributed by atoms with Gasteiger partial charge >= 0.3 is 0 Å². The average Bonchev–Trinajstić information content (AvgIpc) is 2.27. The Labute approximate surface area is 112 Å². The molecule has 0 bridgehead atoms. The van der Waals surface area contributed by atoms with Crippen molar-refractivity contribution >= 4 is 0 Å². The standard InChI is InChI=1S/C16H28N2/c1-13(2)17-9-11-18(5)10-8-16-7-6-14(3)12-15(16)4/h6-7,12-13,17H,8-11H2,1-5H3. The lowest BCUT2D eigenvalue weighted by Crippen LogP contribution is -2.33. The Morgan fingerprint density at radius 2 is 1.89 bits per heavy atom. The van der Waals surface area contributed by atoms with E-state index in [1.54, 1.807) is 0 Å². The summed E-state index contributed by atoms with van der Waals surface area (Å²) in [5, 5.41) is 3.45. The monoisotopic (exact) mass is 248 g/mol. The third-order valence-corrected chi connectivity index (χ3v) is 3.31. The summed E-state index contributed by atoms with van der Waals surface area (Å²) in [7, 11) is 2.20. The Bertz CT molecular complexity index is 358. The van der Waals surface area contributed by atoms with E-state index < -0.39 is 0 Å². The van der Waals surface area contributed by atoms with Gasteiger partial charge in [0.05, 0.1) is 0 Å². The molecule has 1 N–H and O–H groups in total. The molecule has 2 nitrogen and oxygen atoms in total. The third-order valence-electron chi connectivity index (χ3n) is 3.31. The molecule has 0 aliphatic heterocycles. The molecule has 0 atom stereocenters. The van der Waals surface area contributed by atoms with Crippen LogP contribution in [-0.2, 0) is 6.42 Å². The van der Waals surface area contributed by atoms with Crippen LogP contribution in [0.5, 0.6) is 0 Å². The van der Waals surface area contributed by atoms with Gasteiger partial charge < -0.3 is 10.2 Å². The van der Waals surface area contributed by atoms with E-state index in [1.165, 1.54) is 16.7 Å². The van der Waals surface area contributed by atoms with Gasteiger partial charge in [0.25, 0.3) is 0 Å². The first-order valence-electron chi connectivity index (χ1n) is 6.97. The Morgan fingerprint density at radius 3 is 2.50 bits per heavy atom. The molecule has 0 spiro atoms. The van der Waals surface area contributed by atoms with Crippen LogP contribution in [0.3, 0.4) is 0 Å². The first-order chi connectivity index (χ1) is 8.49. The zero-order valence-electron chi connectivity index (χ0n) is 12.6. The highest BCUT2D eigenvalue weighted by molar-refractivity contribution is 5.30. The largest absolute Gasteiger partial charge is 0.313 e. The minimum atomic E-state index is 0.581. The number of aryl methyl sites for hydroxylation is 2. The van der Waals surface area contributed by atoms with Gasteiger partial charge in [0, 0.05) is 25.7 Å². The van der Waals surface area contributed by atoms with Gasteiger partial charge in [-0.15, -0.1) is 0 Å². The maximum absolute atomic E-state index is 3.45. The number of hydrogen-bond acceptors (Lipinski definition) is 2. The zero-order valence-corrected chi connectivity index (χ0v) is 12.6. The molecule has 1 rings (SSSR count). The van der Waals surface area contributed by atoms with E-state index >= 15 is 0 Å². The Balaban J connectivity index is 2.31. The van der Waals surface area contributed by atoms with Crippen LogP contribution in [0, 0.1) is 13.8 Å². The van der Waals surface area contributed by atoms with E-state index in [0.29, 0.717) is 6.04 Å². The van der Waals surface area contributed by atoms with Crippen molar-refractivity contribution in [1.29, 1.82) is 0 Å². The van der Waals surface area contributed by atoms with E-state index in [-0.39, 0.29) is 0 Å². The van der Waals surface area contributed by atoms with E-state index in [9.17, 15) is 0 Å². The van der Waals surface area contributed by atoms with Crippen molar-refractivity contribution in [2.75, 3.05) is 26.7 Å². The predicted molar refractivity (Wildman–Crippen MR) is 80.3 cm³/mol. The summed E-state index contributed by atoms with van der Waals surface area (Å²) in [6.07, 6.45) is 1.14. The van der Waals surface area contributed by atoms with E-state index in [2.05, 4.69) is 63.2 Å². The van der Waals surface area contributed by atoms with Gasteiger partial charge in [-0.05, 0) is 38.4 Å². The molecule has 0 amide bonds. The highest BCUT2D eigenvalue weighted by atomic mass is 15.1. The average molecular weight is 248 g/mol. The van der Waals surface area contributed by atoms with Crippen molar-refractivity contribution < 1.29 is 0 Å². The summed E-state index contributed by atoms with van der Waals surface area (Å²) in [5.74, 6) is 0. The molecule has 0 saturated carbocycles. The number of benzene rings is 1. The number of nitrogens with zero attached hydrogens (tertiary/aromatic N) is 1. The van der Waals surface area contributed by atoms with Crippen molar-refractivity contribution in [2.24, 2.45) is 0 Å². The van der Waals surface area contributed by atoms with Crippen molar-refractivity contribution in [1.82, 2.24) is 10.2 Å². The summed E-state index contributed by atoms with van der Waals surface area (Å²) in [6.45, 7) is 12.1. The van der Waals surface area contributed by atoms with Gasteiger partial charge in [0.15, 0.2) is 0 Å². The van der Waals surface area contributed by atoms with Crippen molar-refractivity contribution in [3.05, 3.63) is 34.9 Å². The molecule has 18 heavy (non-hydrogen) atoms. The van der Waals surface area contributed by atoms with Gasteiger partial charge in [0.2, 0.25) is 0 Å². The van der Waals surface area contributed by atoms with Gasteiger partial charge in [-0.3, -0.25) is 0 Å². The van der Waals surface area contributed by atoms with Crippen LogP contribution in [-0.4, -0.2) is 37.6 Å². The molecule has 0 heterocycles. The first-order valence-corrected chi connectivity index (χ1v) is 6.97. The smallest absolute Gasteiger partial charge is 0.0104 e. The molecule has 1 aromatic rings. The van der Waals surface area contributed by atoms with Crippen molar-refractivity contribution in [2.45, 2.75) is 40.2 Å². The molecular weight excluding hydrogens is 220 g/mol. The van der Waals surface area contributed by atoms with Crippen molar-refractivity contribution in [3.63, 3.8) is 0 Å². The summed E-state index contributed by atoms with van der Waals surface area (Å²) >= 11 is 0. The van der Waals surface area contributed by atoms with Gasteiger partial charge in [0.1, 0.15) is 0 Å². The molecule has 0 radical (unpaired) electrons. The highest BCUT2D eigenvalue weighted by Gasteiger charge is 2.02. The van der Waals surface area contributed by atoms with Crippen LogP contribution in [0.4, 0.5) is 0 Å². The van der Waals surface area contributed by atoms with Crippen LogP contribution in [0.15, 0.2) is 18.2 Å². The minimum Gasteiger partial charge on any atom is -0.313 e. The quantitative estimate of drug-likeness (QED) is 0.798. The summed E-state index contributed by atoms with van der Waals surface area (Å²) in [5.41, 5.74) is 4.25. The molecule has 0 aliphatic rings. The Hall–Kier alpha value is -0.860. The zero-order chi connectivity index (χ0) is 13.5. The SMILES string of the molecule is Cc1ccc(CCN(C)CCNC(C)C)c(C)c1. The van der Waals surface area contributed by atoms with Crippen LogP contribution < -0.4 is 5.32 Å². The lowest BCUT2D eigenvalue weighted by molar-refractivity contribution is 0.330. The minimum absolute atomic E-state index is 0.581. The van der Waals surface area contributed by atoms with Gasteiger partial charge in [-0.2, -0.15) is 0 Å². The van der Waals surface area contributed by atoms with Crippen LogP contribution >= 0.6 is 0 Å². The Morgan fingerprint density at radius 1 is 1.17 bits per heavy atom. The number of rotatable bonds is 7. The third kappa shape index (κ3) is 5.65. The highest BCUT2D eigenvalue weighted by Crippen LogP contribution is 2.11. The molecular formula is C16H28N2. The topological polar surface area (TPSA) is 15.3 Å². The maximum Gasteiger partial charge on any atom is 0.0104 e. The second kappa shape index (κ2) is 7.55. The molecule has 0 aromatic heterocycles. The fourth-order valence-corrected chi connectivity index (χ4v) is 2.09. The molecule has 0 aliphatic carbocycles. The summed E-state index contributed by atoms with van der Waals surface area (Å²) in [6, 6.07) is 7.33. The Kier molecular flexibility index (Phi) is 6.37. The molecule has 0 fully saturated rings. The van der Waals surface area contributed by atoms with Crippen LogP contribution in [0.2, 0.25) is 0 Å². The number of hydrogen-bond donors (Lipinski definition) is 1. The fourth-order valence-electron chi connectivity index (χ4n) is 2.09.